The molecule has 0 heterocycles. The zero-order chi connectivity index (χ0) is 10.6. The lowest BCUT2D eigenvalue weighted by molar-refractivity contribution is 0.628. The van der Waals surface area contributed by atoms with Crippen molar-refractivity contribution in [2.45, 2.75) is 6.42 Å². The van der Waals surface area contributed by atoms with Gasteiger partial charge >= 0.3 is 0 Å². The van der Waals surface area contributed by atoms with E-state index >= 15 is 0 Å². The lowest BCUT2D eigenvalue weighted by atomic mass is 10.1. The first-order valence-corrected chi connectivity index (χ1v) is 5.34. The molecule has 0 saturated heterocycles. The molecule has 4 heteroatoms. The Morgan fingerprint density at radius 2 is 2.07 bits per heavy atom. The first-order chi connectivity index (χ1) is 6.65. The summed E-state index contributed by atoms with van der Waals surface area (Å²) in [5.74, 6) is -0.366. The smallest absolute Gasteiger partial charge is 0.126 e. The minimum absolute atomic E-state index is 0.281. The zero-order valence-corrected chi connectivity index (χ0v) is 9.22. The Balaban J connectivity index is 2.96. The van der Waals surface area contributed by atoms with E-state index in [-0.39, 0.29) is 11.5 Å². The molecule has 1 aromatic rings. The average molecular weight is 259 g/mol. The highest BCUT2D eigenvalue weighted by Gasteiger charge is 2.02. The van der Waals surface area contributed by atoms with Crippen LogP contribution in [0.15, 0.2) is 18.2 Å². The van der Waals surface area contributed by atoms with Gasteiger partial charge in [-0.3, -0.25) is 0 Å². The van der Waals surface area contributed by atoms with Gasteiger partial charge < -0.3 is 11.5 Å². The first kappa shape index (κ1) is 11.0. The Morgan fingerprint density at radius 1 is 1.36 bits per heavy atom. The SMILES string of the molecule is Nc1cc(F)cc(C=CCCBr)c1N. The lowest BCUT2D eigenvalue weighted by Crippen LogP contribution is -1.98. The van der Waals surface area contributed by atoms with E-state index in [0.717, 1.165) is 11.8 Å². The van der Waals surface area contributed by atoms with Gasteiger partial charge in [-0.05, 0) is 18.6 Å². The number of anilines is 2. The van der Waals surface area contributed by atoms with Gasteiger partial charge in [0, 0.05) is 10.9 Å². The molecule has 2 nitrogen and oxygen atoms in total. The molecular formula is C10H12BrFN2. The Hall–Kier alpha value is -1.03. The van der Waals surface area contributed by atoms with E-state index in [0.29, 0.717) is 11.3 Å². The van der Waals surface area contributed by atoms with Crippen LogP contribution in [0.4, 0.5) is 15.8 Å². The summed E-state index contributed by atoms with van der Waals surface area (Å²) in [6.07, 6.45) is 4.56. The van der Waals surface area contributed by atoms with Crippen LogP contribution in [0.1, 0.15) is 12.0 Å². The largest absolute Gasteiger partial charge is 0.397 e. The number of hydrogen-bond donors (Lipinski definition) is 2. The molecule has 0 amide bonds. The van der Waals surface area contributed by atoms with Crippen LogP contribution in [-0.2, 0) is 0 Å². The molecule has 0 atom stereocenters. The van der Waals surface area contributed by atoms with Crippen LogP contribution < -0.4 is 11.5 Å². The molecule has 0 saturated carbocycles. The monoisotopic (exact) mass is 258 g/mol. The van der Waals surface area contributed by atoms with Gasteiger partial charge in [0.05, 0.1) is 11.4 Å². The van der Waals surface area contributed by atoms with Crippen LogP contribution in [0.5, 0.6) is 0 Å². The van der Waals surface area contributed by atoms with E-state index in [9.17, 15) is 4.39 Å². The molecule has 0 fully saturated rings. The van der Waals surface area contributed by atoms with E-state index < -0.39 is 0 Å². The van der Waals surface area contributed by atoms with Gasteiger partial charge in [0.2, 0.25) is 0 Å². The van der Waals surface area contributed by atoms with Crippen molar-refractivity contribution in [3.63, 3.8) is 0 Å². The highest BCUT2D eigenvalue weighted by Crippen LogP contribution is 2.22. The third-order valence-electron chi connectivity index (χ3n) is 1.78. The lowest BCUT2D eigenvalue weighted by Gasteiger charge is -2.04. The number of hydrogen-bond acceptors (Lipinski definition) is 2. The van der Waals surface area contributed by atoms with Crippen LogP contribution in [-0.4, -0.2) is 5.33 Å². The average Bonchev–Trinajstić information content (AvgIpc) is 2.13. The third kappa shape index (κ3) is 2.73. The van der Waals surface area contributed by atoms with Crippen LogP contribution in [0.2, 0.25) is 0 Å². The van der Waals surface area contributed by atoms with Crippen molar-refractivity contribution < 1.29 is 4.39 Å². The van der Waals surface area contributed by atoms with Gasteiger partial charge in [-0.1, -0.05) is 28.1 Å². The van der Waals surface area contributed by atoms with Crippen LogP contribution in [0.3, 0.4) is 0 Å². The van der Waals surface area contributed by atoms with Crippen molar-refractivity contribution in [1.82, 2.24) is 0 Å². The van der Waals surface area contributed by atoms with Gasteiger partial charge in [-0.25, -0.2) is 4.39 Å². The predicted molar refractivity (Wildman–Crippen MR) is 62.7 cm³/mol. The first-order valence-electron chi connectivity index (χ1n) is 4.22. The van der Waals surface area contributed by atoms with E-state index in [1.165, 1.54) is 12.1 Å². The summed E-state index contributed by atoms with van der Waals surface area (Å²) in [5.41, 5.74) is 12.5. The molecule has 14 heavy (non-hydrogen) atoms. The number of nitrogen functional groups attached to an aromatic ring is 2. The van der Waals surface area contributed by atoms with Crippen molar-refractivity contribution in [3.05, 3.63) is 29.6 Å². The van der Waals surface area contributed by atoms with Gasteiger partial charge in [0.15, 0.2) is 0 Å². The topological polar surface area (TPSA) is 52.0 Å². The number of alkyl halides is 1. The Kier molecular flexibility index (Phi) is 3.95. The highest BCUT2D eigenvalue weighted by molar-refractivity contribution is 9.09. The highest BCUT2D eigenvalue weighted by atomic mass is 79.9. The van der Waals surface area contributed by atoms with Gasteiger partial charge in [0.25, 0.3) is 0 Å². The molecule has 76 valence electrons. The molecule has 0 aliphatic rings. The maximum Gasteiger partial charge on any atom is 0.126 e. The molecule has 4 N–H and O–H groups in total. The van der Waals surface area contributed by atoms with Crippen molar-refractivity contribution in [1.29, 1.82) is 0 Å². The second-order valence-corrected chi connectivity index (χ2v) is 3.67. The summed E-state index contributed by atoms with van der Waals surface area (Å²) in [4.78, 5) is 0. The molecule has 0 radical (unpaired) electrons. The summed E-state index contributed by atoms with van der Waals surface area (Å²) in [6, 6.07) is 2.59. The van der Waals surface area contributed by atoms with Gasteiger partial charge in [0.1, 0.15) is 5.82 Å². The summed E-state index contributed by atoms with van der Waals surface area (Å²) in [5, 5.41) is 0.869. The standard InChI is InChI=1S/C10H12BrFN2/c11-4-2-1-3-7-5-8(12)6-9(13)10(7)14/h1,3,5-6H,2,4,13-14H2. The minimum Gasteiger partial charge on any atom is -0.397 e. The number of benzene rings is 1. The molecule has 0 aliphatic carbocycles. The van der Waals surface area contributed by atoms with Gasteiger partial charge in [-0.2, -0.15) is 0 Å². The fraction of sp³-hybridized carbons (Fsp3) is 0.200. The molecular weight excluding hydrogens is 247 g/mol. The van der Waals surface area contributed by atoms with Crippen molar-refractivity contribution >= 4 is 33.4 Å². The second-order valence-electron chi connectivity index (χ2n) is 2.88. The predicted octanol–water partition coefficient (Wildman–Crippen LogP) is 2.79. The fourth-order valence-electron chi connectivity index (χ4n) is 1.07. The quantitative estimate of drug-likeness (QED) is 0.647. The third-order valence-corrected chi connectivity index (χ3v) is 2.24. The van der Waals surface area contributed by atoms with E-state index in [1.54, 1.807) is 6.08 Å². The second kappa shape index (κ2) is 5.00. The number of rotatable bonds is 3. The van der Waals surface area contributed by atoms with Crippen LogP contribution in [0, 0.1) is 5.82 Å². The molecule has 0 aliphatic heterocycles. The zero-order valence-electron chi connectivity index (χ0n) is 7.63. The molecule has 0 aromatic heterocycles. The van der Waals surface area contributed by atoms with Crippen molar-refractivity contribution in [2.24, 2.45) is 0 Å². The number of halogens is 2. The number of allylic oxidation sites excluding steroid dienone is 1. The molecule has 0 bridgehead atoms. The van der Waals surface area contributed by atoms with E-state index in [4.69, 9.17) is 11.5 Å². The Labute approximate surface area is 90.9 Å². The molecule has 0 unspecified atom stereocenters. The molecule has 1 aromatic carbocycles. The Morgan fingerprint density at radius 3 is 2.71 bits per heavy atom. The van der Waals surface area contributed by atoms with Crippen LogP contribution in [0.25, 0.3) is 6.08 Å². The number of nitrogens with two attached hydrogens (primary N) is 2. The normalized spacial score (nSPS) is 11.0. The summed E-state index contributed by atoms with van der Waals surface area (Å²) in [6.45, 7) is 0. The fourth-order valence-corrected chi connectivity index (χ4v) is 1.34. The Bertz CT molecular complexity index is 350. The molecule has 1 rings (SSSR count). The minimum atomic E-state index is -0.366. The van der Waals surface area contributed by atoms with Gasteiger partial charge in [-0.15, -0.1) is 0 Å². The van der Waals surface area contributed by atoms with Crippen LogP contribution >= 0.6 is 15.9 Å². The summed E-state index contributed by atoms with van der Waals surface area (Å²) in [7, 11) is 0. The summed E-state index contributed by atoms with van der Waals surface area (Å²) < 4.78 is 12.9. The maximum atomic E-state index is 12.9. The molecule has 0 spiro atoms. The van der Waals surface area contributed by atoms with Crippen molar-refractivity contribution in [2.75, 3.05) is 16.8 Å². The van der Waals surface area contributed by atoms with E-state index in [2.05, 4.69) is 15.9 Å². The van der Waals surface area contributed by atoms with E-state index in [1.807, 2.05) is 6.08 Å². The van der Waals surface area contributed by atoms with Crippen molar-refractivity contribution in [3.8, 4) is 0 Å². The summed E-state index contributed by atoms with van der Waals surface area (Å²) >= 11 is 3.29. The maximum absolute atomic E-state index is 12.9.